The van der Waals surface area contributed by atoms with Crippen LogP contribution >= 0.6 is 0 Å². The quantitative estimate of drug-likeness (QED) is 0.782. The van der Waals surface area contributed by atoms with E-state index in [0.717, 1.165) is 37.3 Å². The van der Waals surface area contributed by atoms with Crippen molar-refractivity contribution in [3.05, 3.63) is 23.8 Å². The highest BCUT2D eigenvalue weighted by molar-refractivity contribution is 5.96. The zero-order chi connectivity index (χ0) is 14.8. The summed E-state index contributed by atoms with van der Waals surface area (Å²) in [5.74, 6) is -0.0224. The van der Waals surface area contributed by atoms with E-state index in [-0.39, 0.29) is 5.91 Å². The third-order valence-corrected chi connectivity index (χ3v) is 4.46. The number of carbonyl (C=O) groups excluding carboxylic acids is 1. The molecule has 0 radical (unpaired) electrons. The Morgan fingerprint density at radius 3 is 2.52 bits per heavy atom. The molecule has 2 unspecified atom stereocenters. The Labute approximate surface area is 126 Å². The average Bonchev–Trinajstić information content (AvgIpc) is 2.50. The Bertz CT molecular complexity index is 521. The normalized spacial score (nSPS) is 25.4. The first-order valence-electron chi connectivity index (χ1n) is 7.86. The number of hydrogen-bond acceptors (Lipinski definition) is 4. The second-order valence-corrected chi connectivity index (χ2v) is 6.09. The van der Waals surface area contributed by atoms with Gasteiger partial charge in [-0.15, -0.1) is 0 Å². The first-order valence-corrected chi connectivity index (χ1v) is 7.86. The molecule has 1 fully saturated rings. The minimum Gasteiger partial charge on any atom is -0.382 e. The third-order valence-electron chi connectivity index (χ3n) is 4.46. The third kappa shape index (κ3) is 2.97. The van der Waals surface area contributed by atoms with Crippen molar-refractivity contribution in [3.8, 4) is 0 Å². The van der Waals surface area contributed by atoms with Gasteiger partial charge in [-0.1, -0.05) is 6.42 Å². The maximum absolute atomic E-state index is 12.5. The van der Waals surface area contributed by atoms with E-state index in [2.05, 4.69) is 34.9 Å². The lowest BCUT2D eigenvalue weighted by atomic mass is 10.00. The molecule has 2 atom stereocenters. The zero-order valence-corrected chi connectivity index (χ0v) is 12.8. The van der Waals surface area contributed by atoms with Gasteiger partial charge in [-0.3, -0.25) is 10.2 Å². The van der Waals surface area contributed by atoms with Crippen LogP contribution in [0.2, 0.25) is 0 Å². The van der Waals surface area contributed by atoms with Gasteiger partial charge in [-0.25, -0.2) is 5.01 Å². The van der Waals surface area contributed by atoms with E-state index >= 15 is 0 Å². The Hall–Kier alpha value is -1.75. The van der Waals surface area contributed by atoms with Crippen LogP contribution in [0.1, 0.15) is 43.5 Å². The predicted molar refractivity (Wildman–Crippen MR) is 85.5 cm³/mol. The van der Waals surface area contributed by atoms with Gasteiger partial charge in [-0.2, -0.15) is 0 Å². The Balaban J connectivity index is 1.73. The van der Waals surface area contributed by atoms with Gasteiger partial charge >= 0.3 is 0 Å². The molecule has 21 heavy (non-hydrogen) atoms. The zero-order valence-electron chi connectivity index (χ0n) is 12.8. The lowest BCUT2D eigenvalue weighted by molar-refractivity contribution is 0.0370. The van der Waals surface area contributed by atoms with Crippen molar-refractivity contribution in [3.63, 3.8) is 0 Å². The van der Waals surface area contributed by atoms with Crippen molar-refractivity contribution in [2.24, 2.45) is 0 Å². The molecule has 114 valence electrons. The van der Waals surface area contributed by atoms with Crippen LogP contribution in [0.15, 0.2) is 18.2 Å². The number of carbonyl (C=O) groups is 1. The van der Waals surface area contributed by atoms with E-state index in [4.69, 9.17) is 0 Å². The van der Waals surface area contributed by atoms with Crippen molar-refractivity contribution in [2.75, 3.05) is 23.7 Å². The minimum atomic E-state index is -0.0224. The van der Waals surface area contributed by atoms with Crippen LogP contribution < -0.4 is 16.1 Å². The number of benzene rings is 1. The molecule has 2 aliphatic rings. The number of anilines is 2. The Morgan fingerprint density at radius 2 is 1.81 bits per heavy atom. The molecule has 0 aromatic heterocycles. The van der Waals surface area contributed by atoms with Crippen molar-refractivity contribution in [2.45, 2.75) is 45.2 Å². The number of nitrogens with zero attached hydrogens (tertiary/aromatic N) is 1. The SMILES string of the molecule is CC1CCCC(C)N1NC(=O)c1ccc2c(c1)NCCN2. The molecule has 2 heterocycles. The van der Waals surface area contributed by atoms with E-state index in [1.807, 2.05) is 18.2 Å². The Morgan fingerprint density at radius 1 is 1.14 bits per heavy atom. The van der Waals surface area contributed by atoms with Gasteiger partial charge in [0, 0.05) is 30.7 Å². The predicted octanol–water partition coefficient (Wildman–Crippen LogP) is 2.43. The summed E-state index contributed by atoms with van der Waals surface area (Å²) in [6.07, 6.45) is 3.52. The average molecular weight is 288 g/mol. The summed E-state index contributed by atoms with van der Waals surface area (Å²) in [6, 6.07) is 6.58. The number of hydrogen-bond donors (Lipinski definition) is 3. The number of piperidine rings is 1. The summed E-state index contributed by atoms with van der Waals surface area (Å²) < 4.78 is 0. The van der Waals surface area contributed by atoms with Crippen LogP contribution in [0.25, 0.3) is 0 Å². The second-order valence-electron chi connectivity index (χ2n) is 6.09. The largest absolute Gasteiger partial charge is 0.382 e. The van der Waals surface area contributed by atoms with E-state index in [1.54, 1.807) is 0 Å². The number of fused-ring (bicyclic) bond motifs is 1. The van der Waals surface area contributed by atoms with Crippen molar-refractivity contribution in [1.82, 2.24) is 10.4 Å². The second kappa shape index (κ2) is 5.93. The van der Waals surface area contributed by atoms with E-state index in [9.17, 15) is 4.79 Å². The van der Waals surface area contributed by atoms with Crippen molar-refractivity contribution >= 4 is 17.3 Å². The highest BCUT2D eigenvalue weighted by Crippen LogP contribution is 2.26. The topological polar surface area (TPSA) is 56.4 Å². The first kappa shape index (κ1) is 14.2. The molecule has 1 saturated heterocycles. The van der Waals surface area contributed by atoms with Crippen LogP contribution in [-0.4, -0.2) is 36.1 Å². The van der Waals surface area contributed by atoms with E-state index in [1.165, 1.54) is 6.42 Å². The molecule has 3 N–H and O–H groups in total. The van der Waals surface area contributed by atoms with Gasteiger partial charge < -0.3 is 10.6 Å². The summed E-state index contributed by atoms with van der Waals surface area (Å²) in [5.41, 5.74) is 5.87. The monoisotopic (exact) mass is 288 g/mol. The van der Waals surface area contributed by atoms with E-state index in [0.29, 0.717) is 17.6 Å². The maximum Gasteiger partial charge on any atom is 0.265 e. The summed E-state index contributed by atoms with van der Waals surface area (Å²) in [7, 11) is 0. The molecule has 0 spiro atoms. The molecule has 5 nitrogen and oxygen atoms in total. The van der Waals surface area contributed by atoms with Gasteiger partial charge in [-0.05, 0) is 44.9 Å². The van der Waals surface area contributed by atoms with Gasteiger partial charge in [0.15, 0.2) is 0 Å². The highest BCUT2D eigenvalue weighted by atomic mass is 16.2. The van der Waals surface area contributed by atoms with Crippen molar-refractivity contribution < 1.29 is 4.79 Å². The fourth-order valence-corrected chi connectivity index (χ4v) is 3.20. The molecular formula is C16H24N4O. The number of amides is 1. The van der Waals surface area contributed by atoms with E-state index < -0.39 is 0 Å². The summed E-state index contributed by atoms with van der Waals surface area (Å²) >= 11 is 0. The fraction of sp³-hybridized carbons (Fsp3) is 0.562. The molecule has 1 aromatic rings. The molecule has 1 aromatic carbocycles. The van der Waals surface area contributed by atoms with Crippen LogP contribution in [0.5, 0.6) is 0 Å². The van der Waals surface area contributed by atoms with Gasteiger partial charge in [0.25, 0.3) is 5.91 Å². The molecule has 0 aliphatic carbocycles. The molecule has 3 rings (SSSR count). The molecule has 1 amide bonds. The van der Waals surface area contributed by atoms with Crippen LogP contribution in [0.3, 0.4) is 0 Å². The van der Waals surface area contributed by atoms with Crippen LogP contribution in [-0.2, 0) is 0 Å². The highest BCUT2D eigenvalue weighted by Gasteiger charge is 2.26. The molecule has 2 aliphatic heterocycles. The molecular weight excluding hydrogens is 264 g/mol. The minimum absolute atomic E-state index is 0.0224. The number of rotatable bonds is 2. The smallest absolute Gasteiger partial charge is 0.265 e. The Kier molecular flexibility index (Phi) is 4.01. The summed E-state index contributed by atoms with van der Waals surface area (Å²) in [5, 5.41) is 8.75. The first-order chi connectivity index (χ1) is 10.1. The summed E-state index contributed by atoms with van der Waals surface area (Å²) in [6.45, 7) is 6.15. The summed E-state index contributed by atoms with van der Waals surface area (Å²) in [4.78, 5) is 12.5. The lowest BCUT2D eigenvalue weighted by Gasteiger charge is -2.38. The van der Waals surface area contributed by atoms with Crippen LogP contribution in [0, 0.1) is 0 Å². The molecule has 0 saturated carbocycles. The lowest BCUT2D eigenvalue weighted by Crippen LogP contribution is -2.54. The molecule has 5 heteroatoms. The van der Waals surface area contributed by atoms with Gasteiger partial charge in [0.1, 0.15) is 0 Å². The van der Waals surface area contributed by atoms with Gasteiger partial charge in [0.05, 0.1) is 11.4 Å². The fourth-order valence-electron chi connectivity index (χ4n) is 3.20. The molecule has 0 bridgehead atoms. The van der Waals surface area contributed by atoms with Crippen LogP contribution in [0.4, 0.5) is 11.4 Å². The number of nitrogens with one attached hydrogen (secondary N) is 3. The van der Waals surface area contributed by atoms with Gasteiger partial charge in [0.2, 0.25) is 0 Å². The standard InChI is InChI=1S/C16H24N4O/c1-11-4-3-5-12(2)20(11)19-16(21)13-6-7-14-15(10-13)18-9-8-17-14/h6-7,10-12,17-18H,3-5,8-9H2,1-2H3,(H,19,21). The number of hydrazine groups is 1. The maximum atomic E-state index is 12.5. The van der Waals surface area contributed by atoms with Crippen molar-refractivity contribution in [1.29, 1.82) is 0 Å².